The number of imidazole rings is 1. The first-order valence-corrected chi connectivity index (χ1v) is 10.8. The molecule has 0 N–H and O–H groups in total. The number of amides is 1. The highest BCUT2D eigenvalue weighted by atomic mass is 35.5. The van der Waals surface area contributed by atoms with Crippen molar-refractivity contribution >= 4 is 29.0 Å². The number of aromatic nitrogens is 3. The van der Waals surface area contributed by atoms with Crippen LogP contribution in [0.5, 0.6) is 0 Å². The van der Waals surface area contributed by atoms with Gasteiger partial charge in [-0.15, -0.1) is 0 Å². The quantitative estimate of drug-likeness (QED) is 0.606. The summed E-state index contributed by atoms with van der Waals surface area (Å²) in [5.74, 6) is 0.964. The molecule has 0 radical (unpaired) electrons. The van der Waals surface area contributed by atoms with Crippen LogP contribution in [-0.2, 0) is 6.54 Å². The van der Waals surface area contributed by atoms with Crippen LogP contribution < -0.4 is 4.90 Å². The summed E-state index contributed by atoms with van der Waals surface area (Å²) in [6.45, 7) is 9.83. The van der Waals surface area contributed by atoms with Gasteiger partial charge in [0.15, 0.2) is 0 Å². The molecule has 7 nitrogen and oxygen atoms in total. The first kappa shape index (κ1) is 20.6. The fourth-order valence-electron chi connectivity index (χ4n) is 3.86. The van der Waals surface area contributed by atoms with Gasteiger partial charge < -0.3 is 14.2 Å². The molecule has 4 heterocycles. The summed E-state index contributed by atoms with van der Waals surface area (Å²) in [6, 6.07) is 7.59. The molecule has 1 aliphatic heterocycles. The molecular weight excluding hydrogens is 400 g/mol. The van der Waals surface area contributed by atoms with Crippen molar-refractivity contribution in [2.75, 3.05) is 44.2 Å². The Morgan fingerprint density at radius 1 is 1.07 bits per heavy atom. The number of pyridine rings is 2. The fourth-order valence-corrected chi connectivity index (χ4v) is 4.03. The van der Waals surface area contributed by atoms with Gasteiger partial charge >= 0.3 is 0 Å². The third-order valence-electron chi connectivity index (χ3n) is 5.59. The van der Waals surface area contributed by atoms with E-state index in [0.717, 1.165) is 49.9 Å². The molecule has 0 saturated carbocycles. The zero-order valence-corrected chi connectivity index (χ0v) is 18.2. The van der Waals surface area contributed by atoms with Crippen molar-refractivity contribution in [3.8, 4) is 0 Å². The van der Waals surface area contributed by atoms with E-state index < -0.39 is 0 Å². The Bertz CT molecular complexity index is 1010. The molecule has 1 saturated heterocycles. The van der Waals surface area contributed by atoms with E-state index in [2.05, 4.69) is 33.6 Å². The number of nitrogens with zero attached hydrogens (tertiary/aromatic N) is 6. The second-order valence-electron chi connectivity index (χ2n) is 7.49. The number of piperazine rings is 1. The molecule has 0 aromatic carbocycles. The maximum atomic E-state index is 12.9. The molecule has 158 valence electrons. The van der Waals surface area contributed by atoms with Gasteiger partial charge in [0.2, 0.25) is 0 Å². The summed E-state index contributed by atoms with van der Waals surface area (Å²) >= 11 is 6.05. The molecular formula is C22H27ClN6O. The molecule has 8 heteroatoms. The van der Waals surface area contributed by atoms with Gasteiger partial charge in [-0.25, -0.2) is 9.97 Å². The van der Waals surface area contributed by atoms with Crippen LogP contribution in [0.3, 0.4) is 0 Å². The molecule has 3 aromatic rings. The van der Waals surface area contributed by atoms with Crippen molar-refractivity contribution in [2.24, 2.45) is 0 Å². The average Bonchev–Trinajstić information content (AvgIpc) is 3.16. The topological polar surface area (TPSA) is 57.0 Å². The predicted molar refractivity (Wildman–Crippen MR) is 119 cm³/mol. The standard InChI is InChI=1S/C22H27ClN6O/c1-3-27(4-2)20-7-5-17(13-24-20)22(30)28-11-9-26(10-12-28)15-19-16-29-14-18(23)6-8-21(29)25-19/h5-8,13-14,16H,3-4,9-12,15H2,1-2H3. The summed E-state index contributed by atoms with van der Waals surface area (Å²) in [4.78, 5) is 28.4. The largest absolute Gasteiger partial charge is 0.357 e. The lowest BCUT2D eigenvalue weighted by Crippen LogP contribution is -2.48. The van der Waals surface area contributed by atoms with Crippen LogP contribution in [0.4, 0.5) is 5.82 Å². The lowest BCUT2D eigenvalue weighted by Gasteiger charge is -2.34. The Morgan fingerprint density at radius 3 is 2.50 bits per heavy atom. The van der Waals surface area contributed by atoms with E-state index in [9.17, 15) is 4.79 Å². The zero-order chi connectivity index (χ0) is 21.1. The smallest absolute Gasteiger partial charge is 0.255 e. The Hall–Kier alpha value is -2.64. The van der Waals surface area contributed by atoms with E-state index in [0.29, 0.717) is 23.7 Å². The molecule has 30 heavy (non-hydrogen) atoms. The number of rotatable bonds is 6. The summed E-state index contributed by atoms with van der Waals surface area (Å²) < 4.78 is 1.95. The SMILES string of the molecule is CCN(CC)c1ccc(C(=O)N2CCN(Cc3cn4cc(Cl)ccc4n3)CC2)cn1. The third kappa shape index (κ3) is 4.42. The molecule has 1 amide bonds. The monoisotopic (exact) mass is 426 g/mol. The highest BCUT2D eigenvalue weighted by Gasteiger charge is 2.23. The van der Waals surface area contributed by atoms with E-state index in [4.69, 9.17) is 11.6 Å². The maximum Gasteiger partial charge on any atom is 0.255 e. The Kier molecular flexibility index (Phi) is 6.20. The van der Waals surface area contributed by atoms with E-state index >= 15 is 0 Å². The molecule has 0 spiro atoms. The van der Waals surface area contributed by atoms with Gasteiger partial charge in [-0.1, -0.05) is 11.6 Å². The van der Waals surface area contributed by atoms with Crippen LogP contribution in [0, 0.1) is 0 Å². The van der Waals surface area contributed by atoms with E-state index in [1.165, 1.54) is 0 Å². The number of fused-ring (bicyclic) bond motifs is 1. The minimum absolute atomic E-state index is 0.0515. The number of halogens is 1. The second-order valence-corrected chi connectivity index (χ2v) is 7.93. The zero-order valence-electron chi connectivity index (χ0n) is 17.5. The van der Waals surface area contributed by atoms with Gasteiger partial charge in [0, 0.05) is 64.4 Å². The van der Waals surface area contributed by atoms with Gasteiger partial charge in [0.25, 0.3) is 5.91 Å². The first-order chi connectivity index (χ1) is 14.6. The van der Waals surface area contributed by atoms with Crippen LogP contribution >= 0.6 is 11.6 Å². The average molecular weight is 427 g/mol. The summed E-state index contributed by atoms with van der Waals surface area (Å²) in [5, 5.41) is 0.693. The molecule has 1 fully saturated rings. The van der Waals surface area contributed by atoms with Crippen molar-refractivity contribution in [3.63, 3.8) is 0 Å². The number of carbonyl (C=O) groups is 1. The van der Waals surface area contributed by atoms with Crippen LogP contribution in [0.1, 0.15) is 29.9 Å². The number of hydrogen-bond acceptors (Lipinski definition) is 5. The van der Waals surface area contributed by atoms with Gasteiger partial charge in [-0.2, -0.15) is 0 Å². The summed E-state index contributed by atoms with van der Waals surface area (Å²) in [7, 11) is 0. The van der Waals surface area contributed by atoms with Crippen LogP contribution in [-0.4, -0.2) is 69.3 Å². The molecule has 4 rings (SSSR count). The molecule has 3 aromatic heterocycles. The Labute approximate surface area is 181 Å². The lowest BCUT2D eigenvalue weighted by molar-refractivity contribution is 0.0627. The van der Waals surface area contributed by atoms with Gasteiger partial charge in [-0.3, -0.25) is 9.69 Å². The van der Waals surface area contributed by atoms with Crippen molar-refractivity contribution in [1.82, 2.24) is 24.2 Å². The second kappa shape index (κ2) is 9.02. The number of carbonyl (C=O) groups excluding carboxylic acids is 1. The van der Waals surface area contributed by atoms with Gasteiger partial charge in [0.1, 0.15) is 11.5 Å². The van der Waals surface area contributed by atoms with E-state index in [1.807, 2.05) is 46.0 Å². The van der Waals surface area contributed by atoms with Crippen molar-refractivity contribution in [2.45, 2.75) is 20.4 Å². The Morgan fingerprint density at radius 2 is 1.83 bits per heavy atom. The highest BCUT2D eigenvalue weighted by molar-refractivity contribution is 6.30. The number of anilines is 1. The maximum absolute atomic E-state index is 12.9. The van der Waals surface area contributed by atoms with Gasteiger partial charge in [0.05, 0.1) is 16.3 Å². The minimum Gasteiger partial charge on any atom is -0.357 e. The molecule has 0 atom stereocenters. The molecule has 0 aliphatic carbocycles. The summed E-state index contributed by atoms with van der Waals surface area (Å²) in [5.41, 5.74) is 2.55. The van der Waals surface area contributed by atoms with Crippen molar-refractivity contribution < 1.29 is 4.79 Å². The normalized spacial score (nSPS) is 15.0. The van der Waals surface area contributed by atoms with Crippen molar-refractivity contribution in [1.29, 1.82) is 0 Å². The molecule has 0 unspecified atom stereocenters. The Balaban J connectivity index is 1.33. The molecule has 0 bridgehead atoms. The van der Waals surface area contributed by atoms with Crippen LogP contribution in [0.15, 0.2) is 42.9 Å². The van der Waals surface area contributed by atoms with E-state index in [1.54, 1.807) is 6.20 Å². The fraction of sp³-hybridized carbons (Fsp3) is 0.409. The predicted octanol–water partition coefficient (Wildman–Crippen LogP) is 3.19. The van der Waals surface area contributed by atoms with Crippen LogP contribution in [0.2, 0.25) is 5.02 Å². The van der Waals surface area contributed by atoms with E-state index in [-0.39, 0.29) is 5.91 Å². The lowest BCUT2D eigenvalue weighted by atomic mass is 10.2. The summed E-state index contributed by atoms with van der Waals surface area (Å²) in [6.07, 6.45) is 5.58. The minimum atomic E-state index is 0.0515. The third-order valence-corrected chi connectivity index (χ3v) is 5.82. The number of hydrogen-bond donors (Lipinski definition) is 0. The highest BCUT2D eigenvalue weighted by Crippen LogP contribution is 2.16. The van der Waals surface area contributed by atoms with Crippen molar-refractivity contribution in [3.05, 3.63) is 59.1 Å². The molecule has 1 aliphatic rings. The van der Waals surface area contributed by atoms with Gasteiger partial charge in [-0.05, 0) is 38.1 Å². The first-order valence-electron chi connectivity index (χ1n) is 10.4. The van der Waals surface area contributed by atoms with Crippen LogP contribution in [0.25, 0.3) is 5.65 Å².